The van der Waals surface area contributed by atoms with Gasteiger partial charge in [0, 0.05) is 6.54 Å². The molecule has 0 aromatic heterocycles. The number of aliphatic hydroxyl groups excluding tert-OH is 2. The SMILES string of the molecule is CCCCCCCCC(CCCCCCCC)OC(O)CCCCCCCN(CCO)CCCCCCCCC1CC1CCCCCCCC. The van der Waals surface area contributed by atoms with Crippen molar-refractivity contribution in [3.8, 4) is 0 Å². The number of ether oxygens (including phenoxy) is 1. The van der Waals surface area contributed by atoms with Crippen LogP contribution in [0.15, 0.2) is 0 Å². The van der Waals surface area contributed by atoms with Gasteiger partial charge in [-0.1, -0.05) is 201 Å². The molecule has 3 atom stereocenters. The lowest BCUT2D eigenvalue weighted by atomic mass is 10.0. The zero-order valence-corrected chi connectivity index (χ0v) is 34.6. The molecule has 3 unspecified atom stereocenters. The van der Waals surface area contributed by atoms with E-state index in [1.165, 1.54) is 199 Å². The predicted molar refractivity (Wildman–Crippen MR) is 220 cm³/mol. The second-order valence-electron chi connectivity index (χ2n) is 16.7. The van der Waals surface area contributed by atoms with Crippen molar-refractivity contribution in [2.45, 2.75) is 258 Å². The van der Waals surface area contributed by atoms with E-state index < -0.39 is 6.29 Å². The van der Waals surface area contributed by atoms with E-state index in [1.54, 1.807) is 0 Å². The summed E-state index contributed by atoms with van der Waals surface area (Å²) in [6, 6.07) is 0. The number of unbranched alkanes of at least 4 members (excludes halogenated alkanes) is 24. The Kier molecular flexibility index (Phi) is 35.6. The van der Waals surface area contributed by atoms with Crippen LogP contribution in [0.2, 0.25) is 0 Å². The van der Waals surface area contributed by atoms with Gasteiger partial charge in [0.2, 0.25) is 0 Å². The lowest BCUT2D eigenvalue weighted by Gasteiger charge is -2.22. The third-order valence-corrected chi connectivity index (χ3v) is 11.7. The number of hydrogen-bond donors (Lipinski definition) is 2. The van der Waals surface area contributed by atoms with E-state index in [0.717, 1.165) is 57.2 Å². The van der Waals surface area contributed by atoms with E-state index in [9.17, 15) is 10.2 Å². The highest BCUT2D eigenvalue weighted by Gasteiger charge is 2.35. The van der Waals surface area contributed by atoms with Crippen molar-refractivity contribution < 1.29 is 14.9 Å². The van der Waals surface area contributed by atoms with Gasteiger partial charge < -0.3 is 19.8 Å². The third-order valence-electron chi connectivity index (χ3n) is 11.7. The maximum Gasteiger partial charge on any atom is 0.154 e. The number of nitrogens with zero attached hydrogens (tertiary/aromatic N) is 1. The Morgan fingerprint density at radius 2 is 0.820 bits per heavy atom. The summed E-state index contributed by atoms with van der Waals surface area (Å²) in [7, 11) is 0. The van der Waals surface area contributed by atoms with E-state index in [2.05, 4.69) is 25.7 Å². The highest BCUT2D eigenvalue weighted by atomic mass is 16.6. The standard InChI is InChI=1S/C46H93NO3/c1-4-7-10-13-19-26-33-43-42-44(43)34-27-20-16-17-24-31-38-47(40-41-48)39-32-25-18-23-30-37-46(49)50-45(35-28-21-14-11-8-5-2)36-29-22-15-12-9-6-3/h43-46,48-49H,4-42H2,1-3H3. The van der Waals surface area contributed by atoms with Gasteiger partial charge in [0.05, 0.1) is 12.7 Å². The van der Waals surface area contributed by atoms with E-state index in [0.29, 0.717) is 0 Å². The van der Waals surface area contributed by atoms with Crippen LogP contribution >= 0.6 is 0 Å². The predicted octanol–water partition coefficient (Wildman–Crippen LogP) is 13.9. The number of aliphatic hydroxyl groups is 2. The Morgan fingerprint density at radius 1 is 0.460 bits per heavy atom. The van der Waals surface area contributed by atoms with Crippen LogP contribution in [-0.2, 0) is 4.74 Å². The van der Waals surface area contributed by atoms with E-state index in [4.69, 9.17) is 4.74 Å². The summed E-state index contributed by atoms with van der Waals surface area (Å²) in [5, 5.41) is 20.3. The van der Waals surface area contributed by atoms with Crippen LogP contribution in [0.25, 0.3) is 0 Å². The van der Waals surface area contributed by atoms with Gasteiger partial charge in [-0.25, -0.2) is 0 Å². The van der Waals surface area contributed by atoms with Crippen LogP contribution in [0.1, 0.15) is 245 Å². The maximum absolute atomic E-state index is 10.7. The maximum atomic E-state index is 10.7. The molecule has 0 saturated heterocycles. The van der Waals surface area contributed by atoms with E-state index in [1.807, 2.05) is 0 Å². The minimum atomic E-state index is -0.592. The van der Waals surface area contributed by atoms with Gasteiger partial charge in [-0.3, -0.25) is 0 Å². The molecule has 50 heavy (non-hydrogen) atoms. The van der Waals surface area contributed by atoms with Gasteiger partial charge in [0.15, 0.2) is 6.29 Å². The molecule has 4 heteroatoms. The summed E-state index contributed by atoms with van der Waals surface area (Å²) < 4.78 is 6.23. The fourth-order valence-corrected chi connectivity index (χ4v) is 8.19. The topological polar surface area (TPSA) is 52.9 Å². The Bertz CT molecular complexity index is 643. The molecular formula is C46H93NO3. The van der Waals surface area contributed by atoms with Gasteiger partial charge in [-0.05, 0) is 69.9 Å². The minimum Gasteiger partial charge on any atom is -0.395 e. The Morgan fingerprint density at radius 3 is 1.24 bits per heavy atom. The molecule has 1 rings (SSSR count). The largest absolute Gasteiger partial charge is 0.395 e. The first kappa shape index (κ1) is 47.9. The molecule has 300 valence electrons. The van der Waals surface area contributed by atoms with Crippen LogP contribution in [0.5, 0.6) is 0 Å². The molecule has 0 amide bonds. The highest BCUT2D eigenvalue weighted by molar-refractivity contribution is 4.85. The van der Waals surface area contributed by atoms with Gasteiger partial charge in [-0.2, -0.15) is 0 Å². The van der Waals surface area contributed by atoms with E-state index in [-0.39, 0.29) is 12.7 Å². The lowest BCUT2D eigenvalue weighted by molar-refractivity contribution is -0.144. The summed E-state index contributed by atoms with van der Waals surface area (Å²) in [5.41, 5.74) is 0. The first-order chi connectivity index (χ1) is 24.6. The average Bonchev–Trinajstić information content (AvgIpc) is 3.87. The molecule has 0 spiro atoms. The van der Waals surface area contributed by atoms with Crippen molar-refractivity contribution >= 4 is 0 Å². The molecular weight excluding hydrogens is 615 g/mol. The smallest absolute Gasteiger partial charge is 0.154 e. The molecule has 1 fully saturated rings. The second-order valence-corrected chi connectivity index (χ2v) is 16.7. The summed E-state index contributed by atoms with van der Waals surface area (Å²) in [5.74, 6) is 2.16. The molecule has 2 N–H and O–H groups in total. The fourth-order valence-electron chi connectivity index (χ4n) is 8.19. The number of hydrogen-bond acceptors (Lipinski definition) is 4. The molecule has 0 radical (unpaired) electrons. The van der Waals surface area contributed by atoms with Gasteiger partial charge in [0.1, 0.15) is 0 Å². The van der Waals surface area contributed by atoms with Crippen molar-refractivity contribution in [1.82, 2.24) is 4.90 Å². The van der Waals surface area contributed by atoms with E-state index >= 15 is 0 Å². The number of rotatable bonds is 42. The molecule has 4 nitrogen and oxygen atoms in total. The summed E-state index contributed by atoms with van der Waals surface area (Å²) >= 11 is 0. The average molecular weight is 708 g/mol. The molecule has 0 aromatic carbocycles. The molecule has 1 saturated carbocycles. The van der Waals surface area contributed by atoms with Gasteiger partial charge >= 0.3 is 0 Å². The highest BCUT2D eigenvalue weighted by Crippen LogP contribution is 2.45. The first-order valence-corrected chi connectivity index (χ1v) is 23.3. The van der Waals surface area contributed by atoms with Crippen LogP contribution in [0.4, 0.5) is 0 Å². The molecule has 0 aliphatic heterocycles. The van der Waals surface area contributed by atoms with Crippen LogP contribution in [0.3, 0.4) is 0 Å². The second kappa shape index (κ2) is 37.2. The fraction of sp³-hybridized carbons (Fsp3) is 1.00. The summed E-state index contributed by atoms with van der Waals surface area (Å²) in [6.07, 6.45) is 45.9. The van der Waals surface area contributed by atoms with Gasteiger partial charge in [0.25, 0.3) is 0 Å². The lowest BCUT2D eigenvalue weighted by Crippen LogP contribution is -2.29. The Labute approximate surface area is 315 Å². The van der Waals surface area contributed by atoms with Crippen LogP contribution < -0.4 is 0 Å². The Hall–Kier alpha value is -0.160. The first-order valence-electron chi connectivity index (χ1n) is 23.3. The zero-order valence-electron chi connectivity index (χ0n) is 34.6. The molecule has 1 aliphatic rings. The normalized spacial score (nSPS) is 16.6. The van der Waals surface area contributed by atoms with Crippen molar-refractivity contribution in [3.63, 3.8) is 0 Å². The molecule has 0 bridgehead atoms. The van der Waals surface area contributed by atoms with Gasteiger partial charge in [-0.15, -0.1) is 0 Å². The zero-order chi connectivity index (χ0) is 36.2. The van der Waals surface area contributed by atoms with Crippen LogP contribution in [-0.4, -0.2) is 53.7 Å². The summed E-state index contributed by atoms with van der Waals surface area (Å²) in [4.78, 5) is 2.49. The van der Waals surface area contributed by atoms with Crippen molar-refractivity contribution in [2.24, 2.45) is 11.8 Å². The molecule has 0 heterocycles. The quantitative estimate of drug-likeness (QED) is 0.0490. The Balaban J connectivity index is 2.04. The van der Waals surface area contributed by atoms with Crippen molar-refractivity contribution in [2.75, 3.05) is 26.2 Å². The van der Waals surface area contributed by atoms with Crippen molar-refractivity contribution in [3.05, 3.63) is 0 Å². The third kappa shape index (κ3) is 31.4. The summed E-state index contributed by atoms with van der Waals surface area (Å²) in [6.45, 7) is 10.2. The molecule has 0 aromatic rings. The molecule has 1 aliphatic carbocycles. The minimum absolute atomic E-state index is 0.236. The monoisotopic (exact) mass is 708 g/mol. The van der Waals surface area contributed by atoms with Crippen LogP contribution in [0, 0.1) is 11.8 Å². The van der Waals surface area contributed by atoms with Crippen molar-refractivity contribution in [1.29, 1.82) is 0 Å².